The molecule has 0 fully saturated rings. The Morgan fingerprint density at radius 1 is 1.39 bits per heavy atom. The summed E-state index contributed by atoms with van der Waals surface area (Å²) < 4.78 is 26.4. The minimum atomic E-state index is -3.12. The topological polar surface area (TPSA) is 58.2 Å². The number of nitrogens with one attached hydrogen (secondary N) is 2. The Bertz CT molecular complexity index is 351. The predicted molar refractivity (Wildman–Crippen MR) is 78.7 cm³/mol. The molecule has 0 aromatic carbocycles. The molecule has 0 aliphatic carbocycles. The van der Waals surface area contributed by atoms with E-state index in [0.717, 1.165) is 32.4 Å². The van der Waals surface area contributed by atoms with Crippen molar-refractivity contribution in [1.82, 2.24) is 10.0 Å². The summed E-state index contributed by atoms with van der Waals surface area (Å²) in [7, 11) is -3.12. The third-order valence-electron chi connectivity index (χ3n) is 3.29. The lowest BCUT2D eigenvalue weighted by atomic mass is 10.1. The van der Waals surface area contributed by atoms with Crippen molar-refractivity contribution in [3.8, 4) is 0 Å². The van der Waals surface area contributed by atoms with Crippen LogP contribution in [0.5, 0.6) is 0 Å². The highest BCUT2D eigenvalue weighted by molar-refractivity contribution is 7.89. The van der Waals surface area contributed by atoms with E-state index in [1.807, 2.05) is 13.8 Å². The SMILES string of the molecule is CCC(CC)CS(=O)(=O)NCC1=CCNCC1.Cl. The molecule has 2 N–H and O–H groups in total. The van der Waals surface area contributed by atoms with Crippen LogP contribution < -0.4 is 10.0 Å². The van der Waals surface area contributed by atoms with Gasteiger partial charge in [-0.2, -0.15) is 0 Å². The average molecular weight is 297 g/mol. The summed E-state index contributed by atoms with van der Waals surface area (Å²) >= 11 is 0. The van der Waals surface area contributed by atoms with Gasteiger partial charge in [0.15, 0.2) is 0 Å². The van der Waals surface area contributed by atoms with Crippen molar-refractivity contribution in [3.05, 3.63) is 11.6 Å². The highest BCUT2D eigenvalue weighted by Gasteiger charge is 2.16. The van der Waals surface area contributed by atoms with E-state index in [1.165, 1.54) is 5.57 Å². The first-order valence-corrected chi connectivity index (χ1v) is 8.08. The maximum Gasteiger partial charge on any atom is 0.212 e. The van der Waals surface area contributed by atoms with Crippen molar-refractivity contribution in [2.24, 2.45) is 5.92 Å². The van der Waals surface area contributed by atoms with Gasteiger partial charge in [0.25, 0.3) is 0 Å². The average Bonchev–Trinajstić information content (AvgIpc) is 2.35. The minimum absolute atomic E-state index is 0. The van der Waals surface area contributed by atoms with Crippen molar-refractivity contribution in [2.75, 3.05) is 25.4 Å². The van der Waals surface area contributed by atoms with Crippen LogP contribution in [0.4, 0.5) is 0 Å². The third-order valence-corrected chi connectivity index (χ3v) is 4.78. The second kappa shape index (κ2) is 8.91. The van der Waals surface area contributed by atoms with Crippen LogP contribution in [-0.2, 0) is 10.0 Å². The molecule has 1 heterocycles. The number of hydrogen-bond acceptors (Lipinski definition) is 3. The number of halogens is 1. The Labute approximate surface area is 117 Å². The van der Waals surface area contributed by atoms with Gasteiger partial charge in [0, 0.05) is 13.1 Å². The van der Waals surface area contributed by atoms with Gasteiger partial charge in [0.1, 0.15) is 0 Å². The van der Waals surface area contributed by atoms with Crippen LogP contribution in [0.15, 0.2) is 11.6 Å². The summed E-state index contributed by atoms with van der Waals surface area (Å²) in [5, 5.41) is 3.21. The van der Waals surface area contributed by atoms with Gasteiger partial charge in [-0.3, -0.25) is 0 Å². The van der Waals surface area contributed by atoms with Crippen molar-refractivity contribution in [3.63, 3.8) is 0 Å². The van der Waals surface area contributed by atoms with E-state index in [0.29, 0.717) is 6.54 Å². The molecule has 0 unspecified atom stereocenters. The van der Waals surface area contributed by atoms with Gasteiger partial charge in [-0.05, 0) is 18.9 Å². The Morgan fingerprint density at radius 3 is 2.56 bits per heavy atom. The van der Waals surface area contributed by atoms with Gasteiger partial charge in [-0.15, -0.1) is 12.4 Å². The van der Waals surface area contributed by atoms with Crippen LogP contribution in [-0.4, -0.2) is 33.8 Å². The number of sulfonamides is 1. The standard InChI is InChI=1S/C12H24N2O2S.ClH/c1-3-11(4-2)10-17(15,16)14-9-12-5-7-13-8-6-12;/h5,11,13-14H,3-4,6-10H2,1-2H3;1H. The monoisotopic (exact) mass is 296 g/mol. The van der Waals surface area contributed by atoms with Crippen LogP contribution in [0.2, 0.25) is 0 Å². The maximum atomic E-state index is 11.8. The normalized spacial score (nSPS) is 16.3. The lowest BCUT2D eigenvalue weighted by Gasteiger charge is -2.16. The third kappa shape index (κ3) is 6.73. The molecule has 6 heteroatoms. The summed E-state index contributed by atoms with van der Waals surface area (Å²) in [5.74, 6) is 0.528. The van der Waals surface area contributed by atoms with Crippen LogP contribution in [0.1, 0.15) is 33.1 Å². The lowest BCUT2D eigenvalue weighted by molar-refractivity contribution is 0.517. The molecule has 4 nitrogen and oxygen atoms in total. The molecule has 18 heavy (non-hydrogen) atoms. The van der Waals surface area contributed by atoms with Crippen molar-refractivity contribution >= 4 is 22.4 Å². The molecule has 108 valence electrons. The zero-order chi connectivity index (χ0) is 12.7. The Morgan fingerprint density at radius 2 is 2.06 bits per heavy atom. The van der Waals surface area contributed by atoms with E-state index < -0.39 is 10.0 Å². The molecule has 1 rings (SSSR count). The lowest BCUT2D eigenvalue weighted by Crippen LogP contribution is -2.33. The van der Waals surface area contributed by atoms with E-state index in [2.05, 4.69) is 16.1 Å². The molecular formula is C12H25ClN2O2S. The molecule has 0 spiro atoms. The quantitative estimate of drug-likeness (QED) is 0.703. The number of hydrogen-bond donors (Lipinski definition) is 2. The van der Waals surface area contributed by atoms with E-state index >= 15 is 0 Å². The van der Waals surface area contributed by atoms with Gasteiger partial charge >= 0.3 is 0 Å². The smallest absolute Gasteiger partial charge is 0.212 e. The Kier molecular flexibility index (Phi) is 8.86. The molecule has 0 amide bonds. The van der Waals surface area contributed by atoms with Gasteiger partial charge < -0.3 is 5.32 Å². The molecule has 0 aromatic rings. The van der Waals surface area contributed by atoms with Crippen LogP contribution in [0.25, 0.3) is 0 Å². The molecule has 0 radical (unpaired) electrons. The molecular weight excluding hydrogens is 272 g/mol. The largest absolute Gasteiger partial charge is 0.313 e. The van der Waals surface area contributed by atoms with Crippen LogP contribution in [0, 0.1) is 5.92 Å². The Balaban J connectivity index is 0.00000289. The highest BCUT2D eigenvalue weighted by Crippen LogP contribution is 2.10. The van der Waals surface area contributed by atoms with Crippen LogP contribution in [0.3, 0.4) is 0 Å². The van der Waals surface area contributed by atoms with Gasteiger partial charge in [-0.1, -0.05) is 38.3 Å². The fourth-order valence-corrected chi connectivity index (χ4v) is 3.54. The van der Waals surface area contributed by atoms with Gasteiger partial charge in [-0.25, -0.2) is 13.1 Å². The highest BCUT2D eigenvalue weighted by atomic mass is 35.5. The van der Waals surface area contributed by atoms with Crippen molar-refractivity contribution in [1.29, 1.82) is 0 Å². The second-order valence-corrected chi connectivity index (χ2v) is 6.45. The summed E-state index contributed by atoms with van der Waals surface area (Å²) in [6.07, 6.45) is 4.85. The van der Waals surface area contributed by atoms with Gasteiger partial charge in [0.2, 0.25) is 10.0 Å². The van der Waals surface area contributed by atoms with E-state index in [1.54, 1.807) is 0 Å². The first kappa shape index (κ1) is 17.9. The second-order valence-electron chi connectivity index (χ2n) is 4.60. The van der Waals surface area contributed by atoms with E-state index in [-0.39, 0.29) is 24.1 Å². The Hall–Kier alpha value is -0.100. The predicted octanol–water partition coefficient (Wildman–Crippen LogP) is 1.68. The maximum absolute atomic E-state index is 11.8. The molecule has 0 bridgehead atoms. The molecule has 0 aromatic heterocycles. The van der Waals surface area contributed by atoms with E-state index in [4.69, 9.17) is 0 Å². The van der Waals surface area contributed by atoms with Crippen molar-refractivity contribution in [2.45, 2.75) is 33.1 Å². The summed E-state index contributed by atoms with van der Waals surface area (Å²) in [4.78, 5) is 0. The molecule has 0 atom stereocenters. The first-order valence-electron chi connectivity index (χ1n) is 6.43. The molecule has 1 aliphatic heterocycles. The molecule has 1 aliphatic rings. The fraction of sp³-hybridized carbons (Fsp3) is 0.833. The molecule has 0 saturated heterocycles. The number of rotatable bonds is 7. The fourth-order valence-electron chi connectivity index (χ4n) is 1.93. The zero-order valence-corrected chi connectivity index (χ0v) is 12.9. The summed E-state index contributed by atoms with van der Waals surface area (Å²) in [6, 6.07) is 0. The summed E-state index contributed by atoms with van der Waals surface area (Å²) in [5.41, 5.74) is 1.19. The van der Waals surface area contributed by atoms with E-state index in [9.17, 15) is 8.42 Å². The molecule has 0 saturated carbocycles. The first-order chi connectivity index (χ1) is 8.07. The van der Waals surface area contributed by atoms with Gasteiger partial charge in [0.05, 0.1) is 5.75 Å². The summed E-state index contributed by atoms with van der Waals surface area (Å²) in [6.45, 7) is 6.35. The van der Waals surface area contributed by atoms with Crippen molar-refractivity contribution < 1.29 is 8.42 Å². The van der Waals surface area contributed by atoms with Crippen LogP contribution >= 0.6 is 12.4 Å². The zero-order valence-electron chi connectivity index (χ0n) is 11.2. The minimum Gasteiger partial charge on any atom is -0.313 e.